The Morgan fingerprint density at radius 2 is 1.86 bits per heavy atom. The monoisotopic (exact) mass is 596 g/mol. The predicted octanol–water partition coefficient (Wildman–Crippen LogP) is 4.19. The third-order valence-corrected chi connectivity index (χ3v) is 8.04. The molecule has 0 radical (unpaired) electrons. The van der Waals surface area contributed by atoms with Crippen LogP contribution in [0.5, 0.6) is 0 Å². The Labute approximate surface area is 255 Å². The van der Waals surface area contributed by atoms with Crippen molar-refractivity contribution in [1.82, 2.24) is 30.3 Å². The van der Waals surface area contributed by atoms with Crippen LogP contribution >= 0.6 is 0 Å². The number of amides is 2. The Kier molecular flexibility index (Phi) is 10.2. The number of nitrogens with one attached hydrogen (secondary N) is 2. The summed E-state index contributed by atoms with van der Waals surface area (Å²) in [5.41, 5.74) is 1.99. The summed E-state index contributed by atoms with van der Waals surface area (Å²) < 4.78 is 14.9. The fraction of sp³-hybridized carbons (Fsp3) is 0.324. The van der Waals surface area contributed by atoms with Crippen molar-refractivity contribution in [2.75, 3.05) is 32.7 Å². The van der Waals surface area contributed by atoms with E-state index in [1.807, 2.05) is 24.3 Å². The molecule has 9 nitrogen and oxygen atoms in total. The third-order valence-electron chi connectivity index (χ3n) is 8.04. The van der Waals surface area contributed by atoms with Crippen molar-refractivity contribution in [3.05, 3.63) is 112 Å². The fourth-order valence-electron chi connectivity index (χ4n) is 5.58. The van der Waals surface area contributed by atoms with Crippen LogP contribution in [0, 0.1) is 5.82 Å². The lowest BCUT2D eigenvalue weighted by atomic mass is 10.0. The molecule has 1 atom stereocenters. The first-order valence-electron chi connectivity index (χ1n) is 15.1. The Bertz CT molecular complexity index is 1680. The highest BCUT2D eigenvalue weighted by atomic mass is 19.1. The van der Waals surface area contributed by atoms with Crippen molar-refractivity contribution in [3.63, 3.8) is 0 Å². The highest BCUT2D eigenvalue weighted by Gasteiger charge is 2.28. The van der Waals surface area contributed by atoms with Gasteiger partial charge in [0.15, 0.2) is 0 Å². The molecular formula is C34H37FN6O3. The Balaban J connectivity index is 1.20. The van der Waals surface area contributed by atoms with Crippen LogP contribution in [0.3, 0.4) is 0 Å². The second-order valence-corrected chi connectivity index (χ2v) is 11.0. The zero-order valence-electron chi connectivity index (χ0n) is 24.8. The quantitative estimate of drug-likeness (QED) is 0.251. The van der Waals surface area contributed by atoms with Crippen molar-refractivity contribution in [1.29, 1.82) is 0 Å². The molecule has 2 N–H and O–H groups in total. The van der Waals surface area contributed by atoms with Gasteiger partial charge in [0.05, 0.1) is 16.6 Å². The average molecular weight is 597 g/mol. The van der Waals surface area contributed by atoms with E-state index in [0.717, 1.165) is 35.8 Å². The summed E-state index contributed by atoms with van der Waals surface area (Å²) in [4.78, 5) is 46.2. The van der Waals surface area contributed by atoms with Gasteiger partial charge < -0.3 is 10.2 Å². The Morgan fingerprint density at radius 1 is 1.07 bits per heavy atom. The molecule has 0 bridgehead atoms. The van der Waals surface area contributed by atoms with Gasteiger partial charge in [-0.1, -0.05) is 50.1 Å². The lowest BCUT2D eigenvalue weighted by molar-refractivity contribution is -0.116. The number of benzene rings is 2. The van der Waals surface area contributed by atoms with E-state index in [1.54, 1.807) is 47.6 Å². The number of hydrogen-bond acceptors (Lipinski definition) is 6. The predicted molar refractivity (Wildman–Crippen MR) is 169 cm³/mol. The van der Waals surface area contributed by atoms with E-state index in [9.17, 15) is 18.8 Å². The molecule has 0 saturated carbocycles. The van der Waals surface area contributed by atoms with Crippen molar-refractivity contribution in [3.8, 4) is 0 Å². The second-order valence-electron chi connectivity index (χ2n) is 11.0. The zero-order chi connectivity index (χ0) is 30.9. The summed E-state index contributed by atoms with van der Waals surface area (Å²) in [7, 11) is 0. The normalized spacial score (nSPS) is 14.6. The molecule has 0 spiro atoms. The lowest BCUT2D eigenvalue weighted by Gasteiger charge is -2.39. The fourth-order valence-corrected chi connectivity index (χ4v) is 5.58. The van der Waals surface area contributed by atoms with Gasteiger partial charge in [-0.15, -0.1) is 0 Å². The third kappa shape index (κ3) is 7.62. The van der Waals surface area contributed by atoms with Crippen LogP contribution < -0.4 is 10.9 Å². The molecule has 1 aliphatic rings. The van der Waals surface area contributed by atoms with Crippen molar-refractivity contribution in [2.24, 2.45) is 0 Å². The van der Waals surface area contributed by atoms with Crippen molar-refractivity contribution in [2.45, 2.75) is 38.6 Å². The van der Waals surface area contributed by atoms with Gasteiger partial charge >= 0.3 is 0 Å². The SMILES string of the molecule is CCCCC(CNC(=O)/C=C/c1cccnc1)N1CCN(C(=O)c2cc(Cc3n[nH]c(=O)c4ccccc34)ccc2F)CC1. The van der Waals surface area contributed by atoms with Crippen LogP contribution in [-0.2, 0) is 11.2 Å². The minimum Gasteiger partial charge on any atom is -0.351 e. The molecule has 1 fully saturated rings. The highest BCUT2D eigenvalue weighted by Crippen LogP contribution is 2.21. The molecule has 2 aromatic carbocycles. The maximum atomic E-state index is 14.9. The van der Waals surface area contributed by atoms with Gasteiger partial charge in [-0.05, 0) is 47.9 Å². The van der Waals surface area contributed by atoms with E-state index in [-0.39, 0.29) is 29.0 Å². The van der Waals surface area contributed by atoms with Crippen LogP contribution in [0.4, 0.5) is 4.39 Å². The van der Waals surface area contributed by atoms with Gasteiger partial charge in [-0.25, -0.2) is 9.49 Å². The largest absolute Gasteiger partial charge is 0.351 e. The van der Waals surface area contributed by atoms with E-state index < -0.39 is 5.82 Å². The number of halogens is 1. The summed E-state index contributed by atoms with van der Waals surface area (Å²) in [6.45, 7) is 4.85. The first kappa shape index (κ1) is 30.7. The number of pyridine rings is 1. The maximum absolute atomic E-state index is 14.9. The molecular weight excluding hydrogens is 559 g/mol. The summed E-state index contributed by atoms with van der Waals surface area (Å²) in [6, 6.07) is 15.6. The van der Waals surface area contributed by atoms with Crippen LogP contribution in [0.15, 0.2) is 77.9 Å². The lowest BCUT2D eigenvalue weighted by Crippen LogP contribution is -2.54. The molecule has 0 aliphatic carbocycles. The number of aromatic amines is 1. The molecule has 5 rings (SSSR count). The minimum absolute atomic E-state index is 0.0277. The molecule has 4 aromatic rings. The molecule has 10 heteroatoms. The zero-order valence-corrected chi connectivity index (χ0v) is 24.8. The number of aromatic nitrogens is 3. The molecule has 2 amide bonds. The number of carbonyl (C=O) groups excluding carboxylic acids is 2. The van der Waals surface area contributed by atoms with E-state index in [4.69, 9.17) is 0 Å². The van der Waals surface area contributed by atoms with Crippen molar-refractivity contribution < 1.29 is 14.0 Å². The highest BCUT2D eigenvalue weighted by molar-refractivity contribution is 5.95. The molecule has 1 unspecified atom stereocenters. The molecule has 2 aromatic heterocycles. The number of carbonyl (C=O) groups is 2. The van der Waals surface area contributed by atoms with Gasteiger partial charge in [0.1, 0.15) is 5.82 Å². The Hall–Kier alpha value is -4.70. The second kappa shape index (κ2) is 14.7. The number of hydrogen-bond donors (Lipinski definition) is 2. The number of fused-ring (bicyclic) bond motifs is 1. The molecule has 3 heterocycles. The molecule has 1 aliphatic heterocycles. The average Bonchev–Trinajstić information content (AvgIpc) is 3.06. The molecule has 228 valence electrons. The van der Waals surface area contributed by atoms with Crippen LogP contribution in [0.1, 0.15) is 53.4 Å². The van der Waals surface area contributed by atoms with Crippen LogP contribution in [-0.4, -0.2) is 75.6 Å². The number of nitrogens with zero attached hydrogens (tertiary/aromatic N) is 4. The topological polar surface area (TPSA) is 111 Å². The summed E-state index contributed by atoms with van der Waals surface area (Å²) in [6.07, 6.45) is 9.99. The number of rotatable bonds is 11. The van der Waals surface area contributed by atoms with Gasteiger partial charge in [-0.3, -0.25) is 24.3 Å². The molecule has 1 saturated heterocycles. The molecule has 44 heavy (non-hydrogen) atoms. The van der Waals surface area contributed by atoms with Gasteiger partial charge in [0.25, 0.3) is 11.5 Å². The number of piperazine rings is 1. The maximum Gasteiger partial charge on any atom is 0.272 e. The van der Waals surface area contributed by atoms with E-state index in [0.29, 0.717) is 50.2 Å². The van der Waals surface area contributed by atoms with Crippen molar-refractivity contribution >= 4 is 28.7 Å². The van der Waals surface area contributed by atoms with Crippen LogP contribution in [0.2, 0.25) is 0 Å². The standard InChI is InChI=1S/C34H37FN6O3/c1-2-3-8-26(23-37-32(42)14-12-24-7-6-15-36-22-24)40-16-18-41(19-17-40)34(44)29-20-25(11-13-30(29)35)21-31-27-9-4-5-10-28(27)33(43)39-38-31/h4-7,9-15,20,22,26H,2-3,8,16-19,21,23H2,1H3,(H,37,42)(H,39,43)/b14-12+. The Morgan fingerprint density at radius 3 is 2.61 bits per heavy atom. The number of H-pyrrole nitrogens is 1. The van der Waals surface area contributed by atoms with E-state index in [2.05, 4.69) is 32.3 Å². The van der Waals surface area contributed by atoms with E-state index >= 15 is 0 Å². The summed E-state index contributed by atoms with van der Waals surface area (Å²) >= 11 is 0. The summed E-state index contributed by atoms with van der Waals surface area (Å²) in [5.74, 6) is -1.07. The first-order valence-corrected chi connectivity index (χ1v) is 15.1. The van der Waals surface area contributed by atoms with Gasteiger partial charge in [0, 0.05) is 69.0 Å². The summed E-state index contributed by atoms with van der Waals surface area (Å²) in [5, 5.41) is 11.0. The van der Waals surface area contributed by atoms with Gasteiger partial charge in [-0.2, -0.15) is 5.10 Å². The smallest absolute Gasteiger partial charge is 0.272 e. The van der Waals surface area contributed by atoms with Crippen LogP contribution in [0.25, 0.3) is 16.8 Å². The number of unbranched alkanes of at least 4 members (excludes halogenated alkanes) is 1. The van der Waals surface area contributed by atoms with E-state index in [1.165, 1.54) is 12.1 Å². The minimum atomic E-state index is -0.566. The van der Waals surface area contributed by atoms with Gasteiger partial charge in [0.2, 0.25) is 5.91 Å². The first-order chi connectivity index (χ1) is 21.4.